The van der Waals surface area contributed by atoms with Crippen LogP contribution in [0.1, 0.15) is 40.5 Å². The number of primary amides is 1. The molecule has 0 spiro atoms. The van der Waals surface area contributed by atoms with Crippen molar-refractivity contribution in [3.63, 3.8) is 0 Å². The molecule has 0 aromatic heterocycles. The predicted molar refractivity (Wildman–Crippen MR) is 60.8 cm³/mol. The SMILES string of the molecule is CC=C(C)C(C)(C)CC/C=C/C(N)=O. The summed E-state index contributed by atoms with van der Waals surface area (Å²) in [7, 11) is 0. The number of hydrogen-bond donors (Lipinski definition) is 1. The van der Waals surface area contributed by atoms with E-state index in [1.54, 1.807) is 0 Å². The fraction of sp³-hybridized carbons (Fsp3) is 0.583. The van der Waals surface area contributed by atoms with E-state index in [-0.39, 0.29) is 11.3 Å². The third-order valence-corrected chi connectivity index (χ3v) is 2.72. The summed E-state index contributed by atoms with van der Waals surface area (Å²) in [4.78, 5) is 10.4. The van der Waals surface area contributed by atoms with E-state index in [0.717, 1.165) is 12.8 Å². The van der Waals surface area contributed by atoms with Gasteiger partial charge in [0, 0.05) is 0 Å². The second-order valence-electron chi connectivity index (χ2n) is 4.20. The Labute approximate surface area is 86.9 Å². The first-order chi connectivity index (χ1) is 6.40. The van der Waals surface area contributed by atoms with Crippen molar-refractivity contribution >= 4 is 5.91 Å². The van der Waals surface area contributed by atoms with Crippen molar-refractivity contribution in [3.05, 3.63) is 23.8 Å². The van der Waals surface area contributed by atoms with E-state index in [1.165, 1.54) is 11.6 Å². The lowest BCUT2D eigenvalue weighted by molar-refractivity contribution is -0.113. The van der Waals surface area contributed by atoms with Crippen LogP contribution in [0.3, 0.4) is 0 Å². The van der Waals surface area contributed by atoms with E-state index in [4.69, 9.17) is 5.73 Å². The van der Waals surface area contributed by atoms with Gasteiger partial charge in [-0.05, 0) is 38.2 Å². The van der Waals surface area contributed by atoms with E-state index < -0.39 is 0 Å². The second kappa shape index (κ2) is 5.63. The van der Waals surface area contributed by atoms with Crippen molar-refractivity contribution in [1.82, 2.24) is 0 Å². The summed E-state index contributed by atoms with van der Waals surface area (Å²) in [6.07, 6.45) is 7.33. The van der Waals surface area contributed by atoms with Crippen LogP contribution >= 0.6 is 0 Å². The zero-order chi connectivity index (χ0) is 11.2. The summed E-state index contributed by atoms with van der Waals surface area (Å²) in [6.45, 7) is 8.61. The van der Waals surface area contributed by atoms with Crippen LogP contribution in [0.15, 0.2) is 23.8 Å². The van der Waals surface area contributed by atoms with Gasteiger partial charge in [0.2, 0.25) is 5.91 Å². The van der Waals surface area contributed by atoms with Crippen LogP contribution in [0.25, 0.3) is 0 Å². The third kappa shape index (κ3) is 4.85. The molecule has 0 aliphatic carbocycles. The number of nitrogens with two attached hydrogens (primary N) is 1. The van der Waals surface area contributed by atoms with Gasteiger partial charge in [0.15, 0.2) is 0 Å². The van der Waals surface area contributed by atoms with E-state index in [1.807, 2.05) is 6.08 Å². The van der Waals surface area contributed by atoms with Crippen LogP contribution in [-0.4, -0.2) is 5.91 Å². The smallest absolute Gasteiger partial charge is 0.241 e. The molecule has 0 radical (unpaired) electrons. The molecular weight excluding hydrogens is 174 g/mol. The molecular formula is C12H21NO. The van der Waals surface area contributed by atoms with E-state index in [9.17, 15) is 4.79 Å². The molecule has 80 valence electrons. The lowest BCUT2D eigenvalue weighted by Gasteiger charge is -2.25. The van der Waals surface area contributed by atoms with Gasteiger partial charge in [-0.3, -0.25) is 4.79 Å². The highest BCUT2D eigenvalue weighted by atomic mass is 16.1. The van der Waals surface area contributed by atoms with Gasteiger partial charge in [0.25, 0.3) is 0 Å². The molecule has 0 unspecified atom stereocenters. The topological polar surface area (TPSA) is 43.1 Å². The van der Waals surface area contributed by atoms with Gasteiger partial charge in [0.05, 0.1) is 0 Å². The van der Waals surface area contributed by atoms with Crippen molar-refractivity contribution < 1.29 is 4.79 Å². The highest BCUT2D eigenvalue weighted by Crippen LogP contribution is 2.31. The number of amides is 1. The Kier molecular flexibility index (Phi) is 5.21. The first-order valence-corrected chi connectivity index (χ1v) is 4.99. The summed E-state index contributed by atoms with van der Waals surface area (Å²) >= 11 is 0. The first-order valence-electron chi connectivity index (χ1n) is 4.99. The van der Waals surface area contributed by atoms with Crippen LogP contribution in [0.5, 0.6) is 0 Å². The first kappa shape index (κ1) is 12.9. The minimum atomic E-state index is -0.370. The number of rotatable bonds is 5. The minimum absolute atomic E-state index is 0.205. The van der Waals surface area contributed by atoms with Crippen molar-refractivity contribution in [3.8, 4) is 0 Å². The molecule has 0 rings (SSSR count). The second-order valence-corrected chi connectivity index (χ2v) is 4.20. The summed E-state index contributed by atoms with van der Waals surface area (Å²) in [5.74, 6) is -0.370. The third-order valence-electron chi connectivity index (χ3n) is 2.72. The maximum atomic E-state index is 10.4. The van der Waals surface area contributed by atoms with Gasteiger partial charge in [-0.2, -0.15) is 0 Å². The number of hydrogen-bond acceptors (Lipinski definition) is 1. The van der Waals surface area contributed by atoms with Gasteiger partial charge >= 0.3 is 0 Å². The Balaban J connectivity index is 4.07. The van der Waals surface area contributed by atoms with Gasteiger partial charge in [0.1, 0.15) is 0 Å². The summed E-state index contributed by atoms with van der Waals surface area (Å²) in [6, 6.07) is 0. The Morgan fingerprint density at radius 3 is 2.43 bits per heavy atom. The molecule has 0 aromatic rings. The van der Waals surface area contributed by atoms with Crippen LogP contribution in [0.4, 0.5) is 0 Å². The van der Waals surface area contributed by atoms with Crippen LogP contribution in [0.2, 0.25) is 0 Å². The predicted octanol–water partition coefficient (Wildman–Crippen LogP) is 2.80. The Hall–Kier alpha value is -1.05. The van der Waals surface area contributed by atoms with E-state index in [2.05, 4.69) is 33.8 Å². The van der Waals surface area contributed by atoms with Gasteiger partial charge in [-0.15, -0.1) is 0 Å². The molecule has 2 nitrogen and oxygen atoms in total. The largest absolute Gasteiger partial charge is 0.366 e. The standard InChI is InChI=1S/C12H21NO/c1-5-10(2)12(3,4)9-7-6-8-11(13)14/h5-6,8H,7,9H2,1-4H3,(H2,13,14)/b8-6+,10-5?. The monoisotopic (exact) mass is 195 g/mol. The highest BCUT2D eigenvalue weighted by molar-refractivity contribution is 5.85. The zero-order valence-electron chi connectivity index (χ0n) is 9.63. The van der Waals surface area contributed by atoms with Crippen molar-refractivity contribution in [2.45, 2.75) is 40.5 Å². The molecule has 0 aliphatic rings. The summed E-state index contributed by atoms with van der Waals surface area (Å²) in [5, 5.41) is 0. The molecule has 0 aliphatic heterocycles. The maximum absolute atomic E-state index is 10.4. The number of carbonyl (C=O) groups excluding carboxylic acids is 1. The van der Waals surface area contributed by atoms with E-state index in [0.29, 0.717) is 0 Å². The number of carbonyl (C=O) groups is 1. The Morgan fingerprint density at radius 2 is 2.00 bits per heavy atom. The van der Waals surface area contributed by atoms with Crippen molar-refractivity contribution in [2.75, 3.05) is 0 Å². The summed E-state index contributed by atoms with van der Waals surface area (Å²) in [5.41, 5.74) is 6.58. The maximum Gasteiger partial charge on any atom is 0.241 e. The molecule has 0 saturated carbocycles. The number of allylic oxidation sites excluding steroid dienone is 3. The molecule has 0 fully saturated rings. The fourth-order valence-electron chi connectivity index (χ4n) is 1.23. The normalized spacial score (nSPS) is 13.6. The lowest BCUT2D eigenvalue weighted by atomic mass is 9.81. The average Bonchev–Trinajstić information content (AvgIpc) is 2.10. The molecule has 0 bridgehead atoms. The Morgan fingerprint density at radius 1 is 1.43 bits per heavy atom. The van der Waals surface area contributed by atoms with Crippen molar-refractivity contribution in [1.29, 1.82) is 0 Å². The molecule has 14 heavy (non-hydrogen) atoms. The highest BCUT2D eigenvalue weighted by Gasteiger charge is 2.17. The molecule has 2 heteroatoms. The molecule has 0 heterocycles. The van der Waals surface area contributed by atoms with E-state index >= 15 is 0 Å². The molecule has 0 saturated heterocycles. The summed E-state index contributed by atoms with van der Waals surface area (Å²) < 4.78 is 0. The van der Waals surface area contributed by atoms with Gasteiger partial charge in [-0.1, -0.05) is 31.6 Å². The van der Waals surface area contributed by atoms with Crippen molar-refractivity contribution in [2.24, 2.45) is 11.1 Å². The Bertz CT molecular complexity index is 249. The van der Waals surface area contributed by atoms with Gasteiger partial charge < -0.3 is 5.73 Å². The van der Waals surface area contributed by atoms with Crippen LogP contribution in [0, 0.1) is 5.41 Å². The molecule has 2 N–H and O–H groups in total. The van der Waals surface area contributed by atoms with Crippen LogP contribution < -0.4 is 5.73 Å². The quantitative estimate of drug-likeness (QED) is 0.532. The zero-order valence-corrected chi connectivity index (χ0v) is 9.63. The molecule has 0 aromatic carbocycles. The van der Waals surface area contributed by atoms with Crippen LogP contribution in [-0.2, 0) is 4.79 Å². The minimum Gasteiger partial charge on any atom is -0.366 e. The molecule has 0 atom stereocenters. The molecule has 1 amide bonds. The average molecular weight is 195 g/mol. The fourth-order valence-corrected chi connectivity index (χ4v) is 1.23. The lowest BCUT2D eigenvalue weighted by Crippen LogP contribution is -2.12. The van der Waals surface area contributed by atoms with Gasteiger partial charge in [-0.25, -0.2) is 0 Å².